The van der Waals surface area contributed by atoms with E-state index in [-0.39, 0.29) is 0 Å². The van der Waals surface area contributed by atoms with E-state index in [2.05, 4.69) is 41.6 Å². The van der Waals surface area contributed by atoms with Crippen molar-refractivity contribution in [3.8, 4) is 0 Å². The van der Waals surface area contributed by atoms with Gasteiger partial charge in [-0.1, -0.05) is 28.1 Å². The first kappa shape index (κ1) is 11.5. The minimum atomic E-state index is -0.521. The molecular formula is C10H8BrN5O. The average Bonchev–Trinajstić information content (AvgIpc) is 2.29. The van der Waals surface area contributed by atoms with Crippen LogP contribution in [0.5, 0.6) is 0 Å². The van der Waals surface area contributed by atoms with Gasteiger partial charge in [0.05, 0.1) is 12.4 Å². The molecule has 0 aliphatic rings. The summed E-state index contributed by atoms with van der Waals surface area (Å²) < 4.78 is 0.970. The molecule has 1 heterocycles. The zero-order valence-electron chi connectivity index (χ0n) is 8.59. The number of aromatic amines is 1. The quantitative estimate of drug-likeness (QED) is 0.661. The van der Waals surface area contributed by atoms with Crippen molar-refractivity contribution in [2.45, 2.75) is 0 Å². The highest BCUT2D eigenvalue weighted by Crippen LogP contribution is 2.09. The summed E-state index contributed by atoms with van der Waals surface area (Å²) in [5, 5.41) is 9.70. The molecule has 0 saturated carbocycles. The van der Waals surface area contributed by atoms with Crippen molar-refractivity contribution in [3.63, 3.8) is 0 Å². The molecule has 17 heavy (non-hydrogen) atoms. The molecule has 86 valence electrons. The van der Waals surface area contributed by atoms with E-state index in [0.29, 0.717) is 5.82 Å². The van der Waals surface area contributed by atoms with Crippen LogP contribution in [0.3, 0.4) is 0 Å². The Hall–Kier alpha value is -2.02. The Morgan fingerprint density at radius 2 is 2.35 bits per heavy atom. The molecule has 1 aromatic heterocycles. The first-order chi connectivity index (χ1) is 8.24. The van der Waals surface area contributed by atoms with Crippen LogP contribution in [0.25, 0.3) is 0 Å². The molecule has 7 heteroatoms. The maximum absolute atomic E-state index is 10.8. The monoisotopic (exact) mass is 293 g/mol. The van der Waals surface area contributed by atoms with Gasteiger partial charge in [-0.15, -0.1) is 0 Å². The van der Waals surface area contributed by atoms with Crippen LogP contribution in [-0.4, -0.2) is 21.4 Å². The Morgan fingerprint density at radius 3 is 3.12 bits per heavy atom. The number of nitrogens with one attached hydrogen (secondary N) is 2. The molecule has 0 unspecified atom stereocenters. The zero-order valence-corrected chi connectivity index (χ0v) is 10.2. The number of halogens is 1. The number of hydrogen-bond acceptors (Lipinski definition) is 5. The SMILES string of the molecule is O=c1nc(NN=Cc2cccc(Br)c2)cn[nH]1. The lowest BCUT2D eigenvalue weighted by Crippen LogP contribution is -2.13. The fraction of sp³-hybridized carbons (Fsp3) is 0. The summed E-state index contributed by atoms with van der Waals surface area (Å²) in [5.41, 5.74) is 3.01. The summed E-state index contributed by atoms with van der Waals surface area (Å²) in [7, 11) is 0. The van der Waals surface area contributed by atoms with Gasteiger partial charge < -0.3 is 0 Å². The number of benzene rings is 1. The minimum Gasteiger partial charge on any atom is -0.260 e. The van der Waals surface area contributed by atoms with Gasteiger partial charge in [-0.25, -0.2) is 9.89 Å². The van der Waals surface area contributed by atoms with Gasteiger partial charge in [0.25, 0.3) is 0 Å². The Labute approximate surface area is 105 Å². The fourth-order valence-corrected chi connectivity index (χ4v) is 1.54. The molecule has 0 bridgehead atoms. The van der Waals surface area contributed by atoms with E-state index in [0.717, 1.165) is 10.0 Å². The topological polar surface area (TPSA) is 83.0 Å². The molecule has 0 aliphatic heterocycles. The smallest absolute Gasteiger partial charge is 0.260 e. The number of H-pyrrole nitrogens is 1. The van der Waals surface area contributed by atoms with Gasteiger partial charge >= 0.3 is 5.69 Å². The van der Waals surface area contributed by atoms with Crippen LogP contribution in [0.1, 0.15) is 5.56 Å². The van der Waals surface area contributed by atoms with Crippen molar-refractivity contribution in [1.29, 1.82) is 0 Å². The molecule has 0 aliphatic carbocycles. The highest BCUT2D eigenvalue weighted by atomic mass is 79.9. The van der Waals surface area contributed by atoms with Crippen molar-refractivity contribution in [2.75, 3.05) is 5.43 Å². The summed E-state index contributed by atoms with van der Waals surface area (Å²) in [6, 6.07) is 7.64. The largest absolute Gasteiger partial charge is 0.363 e. The third-order valence-electron chi connectivity index (χ3n) is 1.81. The molecule has 6 nitrogen and oxygen atoms in total. The summed E-state index contributed by atoms with van der Waals surface area (Å²) in [5.74, 6) is 0.292. The maximum Gasteiger partial charge on any atom is 0.363 e. The van der Waals surface area contributed by atoms with E-state index in [1.807, 2.05) is 24.3 Å². The lowest BCUT2D eigenvalue weighted by atomic mass is 10.2. The molecule has 0 atom stereocenters. The highest BCUT2D eigenvalue weighted by Gasteiger charge is 1.92. The van der Waals surface area contributed by atoms with Crippen molar-refractivity contribution in [2.24, 2.45) is 5.10 Å². The second-order valence-corrected chi connectivity index (χ2v) is 4.01. The zero-order chi connectivity index (χ0) is 12.1. The maximum atomic E-state index is 10.8. The van der Waals surface area contributed by atoms with Crippen LogP contribution in [-0.2, 0) is 0 Å². The minimum absolute atomic E-state index is 0.292. The molecule has 0 radical (unpaired) electrons. The van der Waals surface area contributed by atoms with Gasteiger partial charge in [0.2, 0.25) is 0 Å². The molecule has 2 rings (SSSR count). The van der Waals surface area contributed by atoms with E-state index in [9.17, 15) is 4.79 Å². The van der Waals surface area contributed by atoms with Crippen LogP contribution in [0.4, 0.5) is 5.82 Å². The van der Waals surface area contributed by atoms with Crippen molar-refractivity contribution in [3.05, 3.63) is 51.0 Å². The summed E-state index contributed by atoms with van der Waals surface area (Å²) in [4.78, 5) is 14.5. The summed E-state index contributed by atoms with van der Waals surface area (Å²) >= 11 is 3.36. The van der Waals surface area contributed by atoms with Crippen molar-refractivity contribution in [1.82, 2.24) is 15.2 Å². The molecule has 2 aromatic rings. The lowest BCUT2D eigenvalue weighted by molar-refractivity contribution is 0.913. The van der Waals surface area contributed by atoms with E-state index in [1.54, 1.807) is 6.21 Å². The number of anilines is 1. The highest BCUT2D eigenvalue weighted by molar-refractivity contribution is 9.10. The Morgan fingerprint density at radius 1 is 1.47 bits per heavy atom. The molecule has 0 fully saturated rings. The number of aromatic nitrogens is 3. The third-order valence-corrected chi connectivity index (χ3v) is 2.30. The van der Waals surface area contributed by atoms with Gasteiger partial charge in [0, 0.05) is 4.47 Å². The molecule has 0 spiro atoms. The standard InChI is InChI=1S/C10H8BrN5O/c11-8-3-1-2-7(4-8)5-12-15-9-6-13-16-10(17)14-9/h1-6H,(H2,14,15,16,17). The number of rotatable bonds is 3. The van der Waals surface area contributed by atoms with Crippen LogP contribution < -0.4 is 11.1 Å². The normalized spacial score (nSPS) is 10.6. The van der Waals surface area contributed by atoms with Crippen LogP contribution in [0.15, 0.2) is 44.8 Å². The second-order valence-electron chi connectivity index (χ2n) is 3.10. The first-order valence-electron chi connectivity index (χ1n) is 4.70. The third kappa shape index (κ3) is 3.49. The average molecular weight is 294 g/mol. The van der Waals surface area contributed by atoms with Crippen molar-refractivity contribution >= 4 is 28.0 Å². The summed E-state index contributed by atoms with van der Waals surface area (Å²) in [6.07, 6.45) is 2.99. The van der Waals surface area contributed by atoms with Crippen LogP contribution in [0.2, 0.25) is 0 Å². The predicted octanol–water partition coefficient (Wildman–Crippen LogP) is 1.37. The Kier molecular flexibility index (Phi) is 3.61. The molecular weight excluding hydrogens is 286 g/mol. The van der Waals surface area contributed by atoms with Gasteiger partial charge in [0.15, 0.2) is 5.82 Å². The number of hydrazone groups is 1. The number of nitrogens with zero attached hydrogens (tertiary/aromatic N) is 3. The summed E-state index contributed by atoms with van der Waals surface area (Å²) in [6.45, 7) is 0. The number of hydrogen-bond donors (Lipinski definition) is 2. The van der Waals surface area contributed by atoms with Crippen LogP contribution >= 0.6 is 15.9 Å². The van der Waals surface area contributed by atoms with Gasteiger partial charge in [-0.2, -0.15) is 15.2 Å². The van der Waals surface area contributed by atoms with E-state index < -0.39 is 5.69 Å². The second kappa shape index (κ2) is 5.35. The lowest BCUT2D eigenvalue weighted by Gasteiger charge is -1.96. The molecule has 2 N–H and O–H groups in total. The predicted molar refractivity (Wildman–Crippen MR) is 68.0 cm³/mol. The first-order valence-corrected chi connectivity index (χ1v) is 5.50. The van der Waals surface area contributed by atoms with E-state index >= 15 is 0 Å². The molecule has 0 saturated heterocycles. The van der Waals surface area contributed by atoms with Gasteiger partial charge in [-0.3, -0.25) is 5.43 Å². The van der Waals surface area contributed by atoms with Gasteiger partial charge in [-0.05, 0) is 17.7 Å². The Balaban J connectivity index is 2.05. The van der Waals surface area contributed by atoms with Crippen LogP contribution in [0, 0.1) is 0 Å². The molecule has 1 aromatic carbocycles. The van der Waals surface area contributed by atoms with E-state index in [4.69, 9.17) is 0 Å². The molecule has 0 amide bonds. The Bertz CT molecular complexity index is 595. The van der Waals surface area contributed by atoms with Gasteiger partial charge in [0.1, 0.15) is 0 Å². The van der Waals surface area contributed by atoms with E-state index in [1.165, 1.54) is 6.20 Å². The fourth-order valence-electron chi connectivity index (χ4n) is 1.13. The van der Waals surface area contributed by atoms with Crippen molar-refractivity contribution < 1.29 is 0 Å².